The normalized spacial score (nSPS) is 10.2. The summed E-state index contributed by atoms with van der Waals surface area (Å²) in [6.45, 7) is 5.11. The minimum atomic E-state index is -0.424. The fourth-order valence-corrected chi connectivity index (χ4v) is 1.67. The number of unbranched alkanes of at least 4 members (excludes halogenated alkanes) is 1. The number of carbonyl (C=O) groups is 1. The molecule has 0 fully saturated rings. The van der Waals surface area contributed by atoms with Crippen molar-refractivity contribution in [1.29, 1.82) is 0 Å². The number of nitrogens with zero attached hydrogens (tertiary/aromatic N) is 3. The molecule has 0 saturated heterocycles. The molecule has 7 heteroatoms. The zero-order valence-electron chi connectivity index (χ0n) is 11.4. The number of aromatic nitrogens is 2. The van der Waals surface area contributed by atoms with E-state index in [4.69, 9.17) is 16.2 Å². The summed E-state index contributed by atoms with van der Waals surface area (Å²) >= 11 is 0. The highest BCUT2D eigenvalue weighted by molar-refractivity contribution is 5.81. The van der Waals surface area contributed by atoms with Crippen molar-refractivity contribution in [3.8, 4) is 5.88 Å². The van der Waals surface area contributed by atoms with Crippen LogP contribution in [-0.4, -0.2) is 35.6 Å². The summed E-state index contributed by atoms with van der Waals surface area (Å²) < 4.78 is 5.32. The van der Waals surface area contributed by atoms with Crippen molar-refractivity contribution in [2.45, 2.75) is 26.7 Å². The van der Waals surface area contributed by atoms with Crippen LogP contribution in [0.3, 0.4) is 0 Å². The maximum absolute atomic E-state index is 11.1. The number of hydrogen-bond acceptors (Lipinski definition) is 6. The largest absolute Gasteiger partial charge is 0.476 e. The van der Waals surface area contributed by atoms with Gasteiger partial charge in [-0.15, -0.1) is 0 Å². The number of nitrogen functional groups attached to an aromatic ring is 1. The van der Waals surface area contributed by atoms with E-state index in [1.54, 1.807) is 4.90 Å². The molecule has 1 aromatic heterocycles. The summed E-state index contributed by atoms with van der Waals surface area (Å²) in [4.78, 5) is 21.0. The SMILES string of the molecule is CCCCN(CC(N)=O)c1ncnc(OCC)c1N. The van der Waals surface area contributed by atoms with Crippen molar-refractivity contribution >= 4 is 17.4 Å². The highest BCUT2D eigenvalue weighted by Gasteiger charge is 2.17. The molecule has 0 bridgehead atoms. The van der Waals surface area contributed by atoms with E-state index >= 15 is 0 Å². The maximum atomic E-state index is 11.1. The lowest BCUT2D eigenvalue weighted by molar-refractivity contribution is -0.116. The lowest BCUT2D eigenvalue weighted by Gasteiger charge is -2.23. The van der Waals surface area contributed by atoms with E-state index in [0.29, 0.717) is 30.5 Å². The van der Waals surface area contributed by atoms with Crippen molar-refractivity contribution in [3.05, 3.63) is 6.33 Å². The van der Waals surface area contributed by atoms with Crippen LogP contribution in [0.4, 0.5) is 11.5 Å². The van der Waals surface area contributed by atoms with Crippen molar-refractivity contribution in [1.82, 2.24) is 9.97 Å². The molecular weight excluding hydrogens is 246 g/mol. The van der Waals surface area contributed by atoms with Gasteiger partial charge in [0, 0.05) is 6.54 Å². The number of primary amides is 1. The Morgan fingerprint density at radius 1 is 1.42 bits per heavy atom. The van der Waals surface area contributed by atoms with Gasteiger partial charge in [0.25, 0.3) is 0 Å². The number of rotatable bonds is 8. The van der Waals surface area contributed by atoms with E-state index in [2.05, 4.69) is 16.9 Å². The summed E-state index contributed by atoms with van der Waals surface area (Å²) in [6, 6.07) is 0. The molecule has 0 spiro atoms. The Hall–Kier alpha value is -2.05. The van der Waals surface area contributed by atoms with Gasteiger partial charge in [0.1, 0.15) is 12.0 Å². The van der Waals surface area contributed by atoms with Crippen LogP contribution in [0.1, 0.15) is 26.7 Å². The molecule has 0 saturated carbocycles. The van der Waals surface area contributed by atoms with Crippen LogP contribution in [0.2, 0.25) is 0 Å². The number of nitrogens with two attached hydrogens (primary N) is 2. The fourth-order valence-electron chi connectivity index (χ4n) is 1.67. The minimum absolute atomic E-state index is 0.0762. The van der Waals surface area contributed by atoms with Gasteiger partial charge < -0.3 is 21.1 Å². The number of amides is 1. The second kappa shape index (κ2) is 7.40. The van der Waals surface area contributed by atoms with Gasteiger partial charge in [-0.1, -0.05) is 13.3 Å². The molecule has 1 rings (SSSR count). The second-order valence-corrected chi connectivity index (χ2v) is 4.09. The average molecular weight is 267 g/mol. The predicted octanol–water partition coefficient (Wildman–Crippen LogP) is 0.549. The van der Waals surface area contributed by atoms with E-state index in [0.717, 1.165) is 12.8 Å². The molecular formula is C12H21N5O2. The quantitative estimate of drug-likeness (QED) is 0.712. The van der Waals surface area contributed by atoms with Crippen LogP contribution in [-0.2, 0) is 4.79 Å². The molecule has 106 valence electrons. The van der Waals surface area contributed by atoms with E-state index in [1.165, 1.54) is 6.33 Å². The van der Waals surface area contributed by atoms with E-state index in [1.807, 2.05) is 6.92 Å². The average Bonchev–Trinajstić information content (AvgIpc) is 2.37. The summed E-state index contributed by atoms with van der Waals surface area (Å²) in [6.07, 6.45) is 3.29. The van der Waals surface area contributed by atoms with Crippen LogP contribution >= 0.6 is 0 Å². The van der Waals surface area contributed by atoms with E-state index < -0.39 is 5.91 Å². The second-order valence-electron chi connectivity index (χ2n) is 4.09. The Kier molecular flexibility index (Phi) is 5.84. The Balaban J connectivity index is 2.99. The number of hydrogen-bond donors (Lipinski definition) is 2. The molecule has 1 aromatic rings. The third-order valence-electron chi connectivity index (χ3n) is 2.54. The lowest BCUT2D eigenvalue weighted by atomic mass is 10.3. The van der Waals surface area contributed by atoms with Gasteiger partial charge in [-0.3, -0.25) is 4.79 Å². The van der Waals surface area contributed by atoms with Crippen LogP contribution in [0.5, 0.6) is 5.88 Å². The van der Waals surface area contributed by atoms with Crippen molar-refractivity contribution < 1.29 is 9.53 Å². The molecule has 0 aliphatic carbocycles. The van der Waals surface area contributed by atoms with Crippen LogP contribution in [0.15, 0.2) is 6.33 Å². The monoisotopic (exact) mass is 267 g/mol. The smallest absolute Gasteiger partial charge is 0.242 e. The molecule has 0 atom stereocenters. The topological polar surface area (TPSA) is 107 Å². The highest BCUT2D eigenvalue weighted by Crippen LogP contribution is 2.27. The van der Waals surface area contributed by atoms with Crippen LogP contribution in [0, 0.1) is 0 Å². The van der Waals surface area contributed by atoms with E-state index in [-0.39, 0.29) is 6.54 Å². The summed E-state index contributed by atoms with van der Waals surface area (Å²) in [5.41, 5.74) is 11.6. The van der Waals surface area contributed by atoms with Crippen LogP contribution in [0.25, 0.3) is 0 Å². The summed E-state index contributed by atoms with van der Waals surface area (Å²) in [5.74, 6) is 0.399. The molecule has 0 unspecified atom stereocenters. The molecule has 0 radical (unpaired) electrons. The third-order valence-corrected chi connectivity index (χ3v) is 2.54. The number of ether oxygens (including phenoxy) is 1. The van der Waals surface area contributed by atoms with E-state index in [9.17, 15) is 4.79 Å². The zero-order chi connectivity index (χ0) is 14.3. The molecule has 4 N–H and O–H groups in total. The molecule has 0 aliphatic rings. The van der Waals surface area contributed by atoms with Gasteiger partial charge in [-0.2, -0.15) is 4.98 Å². The van der Waals surface area contributed by atoms with Crippen molar-refractivity contribution in [2.75, 3.05) is 30.3 Å². The molecule has 0 aromatic carbocycles. The van der Waals surface area contributed by atoms with Gasteiger partial charge >= 0.3 is 0 Å². The van der Waals surface area contributed by atoms with Gasteiger partial charge in [0.05, 0.1) is 13.2 Å². The molecule has 7 nitrogen and oxygen atoms in total. The molecule has 19 heavy (non-hydrogen) atoms. The van der Waals surface area contributed by atoms with Gasteiger partial charge in [0.2, 0.25) is 11.8 Å². The van der Waals surface area contributed by atoms with Crippen molar-refractivity contribution in [3.63, 3.8) is 0 Å². The molecule has 1 heterocycles. The summed E-state index contributed by atoms with van der Waals surface area (Å²) in [5, 5.41) is 0. The first kappa shape index (κ1) is 15.0. The Labute approximate surface area is 113 Å². The zero-order valence-corrected chi connectivity index (χ0v) is 11.4. The van der Waals surface area contributed by atoms with Gasteiger partial charge in [0.15, 0.2) is 5.82 Å². The Morgan fingerprint density at radius 3 is 2.74 bits per heavy atom. The Bertz CT molecular complexity index is 425. The number of carbonyl (C=O) groups excluding carboxylic acids is 1. The fraction of sp³-hybridized carbons (Fsp3) is 0.583. The third kappa shape index (κ3) is 4.27. The predicted molar refractivity (Wildman–Crippen MR) is 73.9 cm³/mol. The first-order valence-corrected chi connectivity index (χ1v) is 6.36. The Morgan fingerprint density at radius 2 is 2.16 bits per heavy atom. The maximum Gasteiger partial charge on any atom is 0.242 e. The molecule has 0 aliphatic heterocycles. The van der Waals surface area contributed by atoms with Crippen LogP contribution < -0.4 is 21.1 Å². The first-order valence-electron chi connectivity index (χ1n) is 6.36. The van der Waals surface area contributed by atoms with Crippen molar-refractivity contribution in [2.24, 2.45) is 5.73 Å². The lowest BCUT2D eigenvalue weighted by Crippen LogP contribution is -2.35. The highest BCUT2D eigenvalue weighted by atomic mass is 16.5. The standard InChI is InChI=1S/C12H21N5O2/c1-3-5-6-17(7-9(13)18)11-10(14)12(19-4-2)16-8-15-11/h8H,3-7,14H2,1-2H3,(H2,13,18). The minimum Gasteiger partial charge on any atom is -0.476 e. The number of anilines is 2. The summed E-state index contributed by atoms with van der Waals surface area (Å²) in [7, 11) is 0. The molecule has 1 amide bonds. The van der Waals surface area contributed by atoms with Gasteiger partial charge in [-0.25, -0.2) is 4.98 Å². The first-order chi connectivity index (χ1) is 9.10. The van der Waals surface area contributed by atoms with Gasteiger partial charge in [-0.05, 0) is 13.3 Å².